The first-order valence-electron chi connectivity index (χ1n) is 10.8. The average Bonchev–Trinajstić information content (AvgIpc) is 3.06. The van der Waals surface area contributed by atoms with Gasteiger partial charge in [0.25, 0.3) is 0 Å². The van der Waals surface area contributed by atoms with Crippen LogP contribution in [0.25, 0.3) is 0 Å². The van der Waals surface area contributed by atoms with E-state index in [1.807, 2.05) is 19.9 Å². The lowest BCUT2D eigenvalue weighted by molar-refractivity contribution is -0.137. The first kappa shape index (κ1) is 21.0. The Morgan fingerprint density at radius 3 is 2.30 bits per heavy atom. The van der Waals surface area contributed by atoms with Gasteiger partial charge < -0.3 is 9.80 Å². The third kappa shape index (κ3) is 2.55. The van der Waals surface area contributed by atoms with Crippen LogP contribution >= 0.6 is 0 Å². The molecule has 0 spiro atoms. The van der Waals surface area contributed by atoms with E-state index < -0.39 is 11.7 Å². The van der Waals surface area contributed by atoms with Crippen LogP contribution in [0.2, 0.25) is 0 Å². The molecule has 0 amide bonds. The molecule has 6 heteroatoms. The quantitative estimate of drug-likeness (QED) is 0.542. The molecule has 0 saturated carbocycles. The maximum atomic E-state index is 13.5. The standard InChI is InChI=1S/C24H30F3N3/c1-7-22(5)17-11-9-10-12-18(17)30-20-19(13-16(14-28-20)24(25,26)27)29(15(3)4)21(30)23(22,6)8-2/h9-15,21H,7-8H2,1-6H3. The molecule has 3 heterocycles. The van der Waals surface area contributed by atoms with Crippen molar-refractivity contribution < 1.29 is 13.2 Å². The molecule has 3 atom stereocenters. The summed E-state index contributed by atoms with van der Waals surface area (Å²) in [5.74, 6) is 0.618. The van der Waals surface area contributed by atoms with Crippen LogP contribution in [0.4, 0.5) is 30.4 Å². The summed E-state index contributed by atoms with van der Waals surface area (Å²) in [6.07, 6.45) is -1.71. The molecule has 1 aromatic heterocycles. The van der Waals surface area contributed by atoms with Crippen molar-refractivity contribution in [2.75, 3.05) is 9.80 Å². The molecule has 0 fully saturated rings. The number of nitrogens with zero attached hydrogens (tertiary/aromatic N) is 3. The van der Waals surface area contributed by atoms with Gasteiger partial charge in [-0.15, -0.1) is 0 Å². The van der Waals surface area contributed by atoms with Crippen molar-refractivity contribution in [1.29, 1.82) is 0 Å². The van der Waals surface area contributed by atoms with Crippen LogP contribution in [0.1, 0.15) is 65.5 Å². The van der Waals surface area contributed by atoms with E-state index in [2.05, 4.69) is 60.7 Å². The van der Waals surface area contributed by atoms with Gasteiger partial charge in [-0.25, -0.2) is 4.98 Å². The lowest BCUT2D eigenvalue weighted by Gasteiger charge is -2.59. The number of alkyl halides is 3. The fraction of sp³-hybridized carbons (Fsp3) is 0.542. The molecule has 0 aliphatic carbocycles. The maximum Gasteiger partial charge on any atom is 0.417 e. The first-order valence-corrected chi connectivity index (χ1v) is 10.8. The second-order valence-corrected chi connectivity index (χ2v) is 9.28. The van der Waals surface area contributed by atoms with E-state index in [0.717, 1.165) is 24.7 Å². The van der Waals surface area contributed by atoms with E-state index in [-0.39, 0.29) is 23.0 Å². The zero-order valence-electron chi connectivity index (χ0n) is 18.5. The van der Waals surface area contributed by atoms with E-state index in [1.54, 1.807) is 0 Å². The first-order chi connectivity index (χ1) is 14.0. The summed E-state index contributed by atoms with van der Waals surface area (Å²) in [6, 6.07) is 9.62. The number of aromatic nitrogens is 1. The largest absolute Gasteiger partial charge is 0.417 e. The Morgan fingerprint density at radius 2 is 1.73 bits per heavy atom. The number of benzene rings is 1. The minimum atomic E-state index is -4.42. The molecule has 30 heavy (non-hydrogen) atoms. The predicted octanol–water partition coefficient (Wildman–Crippen LogP) is 6.89. The van der Waals surface area contributed by atoms with Crippen molar-refractivity contribution in [3.63, 3.8) is 0 Å². The number of pyridine rings is 1. The third-order valence-corrected chi connectivity index (χ3v) is 7.78. The number of para-hydroxylation sites is 1. The van der Waals surface area contributed by atoms with Gasteiger partial charge in [0, 0.05) is 28.8 Å². The molecular weight excluding hydrogens is 387 g/mol. The number of rotatable bonds is 3. The van der Waals surface area contributed by atoms with Crippen LogP contribution in [-0.2, 0) is 11.6 Å². The average molecular weight is 418 g/mol. The van der Waals surface area contributed by atoms with Crippen molar-refractivity contribution in [2.24, 2.45) is 5.41 Å². The smallest absolute Gasteiger partial charge is 0.345 e. The zero-order valence-corrected chi connectivity index (χ0v) is 18.5. The second-order valence-electron chi connectivity index (χ2n) is 9.28. The fourth-order valence-corrected chi connectivity index (χ4v) is 5.66. The van der Waals surface area contributed by atoms with Gasteiger partial charge in [0.05, 0.1) is 11.3 Å². The molecule has 0 saturated heterocycles. The second kappa shape index (κ2) is 6.63. The molecule has 162 valence electrons. The molecule has 3 nitrogen and oxygen atoms in total. The van der Waals surface area contributed by atoms with Crippen LogP contribution in [-0.4, -0.2) is 17.2 Å². The minimum absolute atomic E-state index is 0.0290. The third-order valence-electron chi connectivity index (χ3n) is 7.78. The molecule has 2 aliphatic rings. The molecule has 0 bridgehead atoms. The Balaban J connectivity index is 2.05. The van der Waals surface area contributed by atoms with Gasteiger partial charge in [0.15, 0.2) is 5.82 Å². The monoisotopic (exact) mass is 417 g/mol. The Labute approximate surface area is 176 Å². The summed E-state index contributed by atoms with van der Waals surface area (Å²) in [4.78, 5) is 8.72. The summed E-state index contributed by atoms with van der Waals surface area (Å²) < 4.78 is 40.6. The molecule has 2 aliphatic heterocycles. The Bertz CT molecular complexity index is 970. The van der Waals surface area contributed by atoms with Crippen molar-refractivity contribution >= 4 is 17.2 Å². The lowest BCUT2D eigenvalue weighted by Crippen LogP contribution is -2.64. The Kier molecular flexibility index (Phi) is 4.64. The van der Waals surface area contributed by atoms with Gasteiger partial charge in [0.1, 0.15) is 6.17 Å². The number of anilines is 3. The summed E-state index contributed by atoms with van der Waals surface area (Å²) in [5.41, 5.74) is 1.85. The van der Waals surface area contributed by atoms with Gasteiger partial charge in [-0.1, -0.05) is 45.9 Å². The molecule has 0 N–H and O–H groups in total. The molecule has 4 rings (SSSR count). The van der Waals surface area contributed by atoms with Gasteiger partial charge in [-0.3, -0.25) is 0 Å². The highest BCUT2D eigenvalue weighted by Crippen LogP contribution is 2.63. The van der Waals surface area contributed by atoms with Crippen molar-refractivity contribution in [3.8, 4) is 0 Å². The minimum Gasteiger partial charge on any atom is -0.345 e. The van der Waals surface area contributed by atoms with E-state index in [0.29, 0.717) is 11.5 Å². The molecule has 2 aromatic rings. The summed E-state index contributed by atoms with van der Waals surface area (Å²) in [6.45, 7) is 13.1. The lowest BCUT2D eigenvalue weighted by atomic mass is 9.55. The van der Waals surface area contributed by atoms with E-state index in [4.69, 9.17) is 0 Å². The Morgan fingerprint density at radius 1 is 1.07 bits per heavy atom. The van der Waals surface area contributed by atoms with Crippen molar-refractivity contribution in [1.82, 2.24) is 4.98 Å². The summed E-state index contributed by atoms with van der Waals surface area (Å²) in [5, 5.41) is 0. The highest BCUT2D eigenvalue weighted by atomic mass is 19.4. The topological polar surface area (TPSA) is 19.4 Å². The summed E-state index contributed by atoms with van der Waals surface area (Å²) in [7, 11) is 0. The molecular formula is C24H30F3N3. The normalized spacial score (nSPS) is 27.9. The van der Waals surface area contributed by atoms with Gasteiger partial charge in [0.2, 0.25) is 0 Å². The van der Waals surface area contributed by atoms with Crippen LogP contribution < -0.4 is 9.80 Å². The van der Waals surface area contributed by atoms with Gasteiger partial charge >= 0.3 is 6.18 Å². The number of halogens is 3. The van der Waals surface area contributed by atoms with Crippen molar-refractivity contribution in [3.05, 3.63) is 47.7 Å². The van der Waals surface area contributed by atoms with E-state index in [1.165, 1.54) is 11.6 Å². The van der Waals surface area contributed by atoms with Crippen LogP contribution in [0.5, 0.6) is 0 Å². The summed E-state index contributed by atoms with van der Waals surface area (Å²) >= 11 is 0. The number of hydrogen-bond donors (Lipinski definition) is 0. The van der Waals surface area contributed by atoms with Gasteiger partial charge in [-0.05, 0) is 44.4 Å². The number of hydrogen-bond acceptors (Lipinski definition) is 3. The molecule has 3 unspecified atom stereocenters. The fourth-order valence-electron chi connectivity index (χ4n) is 5.66. The van der Waals surface area contributed by atoms with E-state index in [9.17, 15) is 13.2 Å². The van der Waals surface area contributed by atoms with E-state index >= 15 is 0 Å². The van der Waals surface area contributed by atoms with Crippen LogP contribution in [0.15, 0.2) is 36.5 Å². The van der Waals surface area contributed by atoms with Gasteiger partial charge in [-0.2, -0.15) is 13.2 Å². The number of fused-ring (bicyclic) bond motifs is 5. The zero-order chi connectivity index (χ0) is 22.1. The van der Waals surface area contributed by atoms with Crippen LogP contribution in [0.3, 0.4) is 0 Å². The van der Waals surface area contributed by atoms with Crippen molar-refractivity contribution in [2.45, 2.75) is 78.2 Å². The van der Waals surface area contributed by atoms with Crippen LogP contribution in [0, 0.1) is 5.41 Å². The highest BCUT2D eigenvalue weighted by Gasteiger charge is 2.60. The SMILES string of the molecule is CCC1(C)c2ccccc2N2c3ncc(C(F)(F)F)cc3N(C(C)C)C2C1(C)CC. The molecule has 1 aromatic carbocycles. The maximum absolute atomic E-state index is 13.5. The Hall–Kier alpha value is -2.24. The molecule has 0 radical (unpaired) electrons. The predicted molar refractivity (Wildman–Crippen MR) is 115 cm³/mol. The highest BCUT2D eigenvalue weighted by molar-refractivity contribution is 5.85.